The van der Waals surface area contributed by atoms with Crippen LogP contribution >= 0.6 is 0 Å². The minimum absolute atomic E-state index is 0.0604. The SMILES string of the molecule is CC(C)C1C(O)=CCc2cnc(Nc3ccncc3)nc21. The summed E-state index contributed by atoms with van der Waals surface area (Å²) in [6.45, 7) is 4.17. The van der Waals surface area contributed by atoms with E-state index in [1.807, 2.05) is 24.4 Å². The summed E-state index contributed by atoms with van der Waals surface area (Å²) in [7, 11) is 0. The molecule has 0 radical (unpaired) electrons. The van der Waals surface area contributed by atoms with Gasteiger partial charge in [-0.05, 0) is 36.1 Å². The first-order valence-electron chi connectivity index (χ1n) is 7.07. The Morgan fingerprint density at radius 1 is 1.29 bits per heavy atom. The van der Waals surface area contributed by atoms with Gasteiger partial charge in [0.25, 0.3) is 0 Å². The highest BCUT2D eigenvalue weighted by Gasteiger charge is 2.28. The predicted molar refractivity (Wildman–Crippen MR) is 81.5 cm³/mol. The molecule has 3 rings (SSSR count). The summed E-state index contributed by atoms with van der Waals surface area (Å²) in [5.41, 5.74) is 2.88. The van der Waals surface area contributed by atoms with Crippen molar-refractivity contribution in [3.8, 4) is 0 Å². The lowest BCUT2D eigenvalue weighted by atomic mass is 9.84. The van der Waals surface area contributed by atoms with Crippen LogP contribution < -0.4 is 5.32 Å². The van der Waals surface area contributed by atoms with Crippen molar-refractivity contribution in [3.05, 3.63) is 53.8 Å². The summed E-state index contributed by atoms with van der Waals surface area (Å²) in [6.07, 6.45) is 7.80. The molecule has 5 heteroatoms. The maximum absolute atomic E-state index is 10.1. The number of aliphatic hydroxyl groups is 1. The van der Waals surface area contributed by atoms with E-state index in [0.717, 1.165) is 16.9 Å². The molecule has 0 amide bonds. The number of pyridine rings is 1. The molecule has 1 aliphatic carbocycles. The first-order chi connectivity index (χ1) is 10.1. The number of nitrogens with zero attached hydrogens (tertiary/aromatic N) is 3. The highest BCUT2D eigenvalue weighted by Crippen LogP contribution is 2.35. The number of anilines is 2. The zero-order chi connectivity index (χ0) is 14.8. The van der Waals surface area contributed by atoms with Gasteiger partial charge in [0.15, 0.2) is 0 Å². The van der Waals surface area contributed by atoms with E-state index in [2.05, 4.69) is 34.1 Å². The van der Waals surface area contributed by atoms with E-state index >= 15 is 0 Å². The number of nitrogens with one attached hydrogen (secondary N) is 1. The summed E-state index contributed by atoms with van der Waals surface area (Å²) >= 11 is 0. The second-order valence-electron chi connectivity index (χ2n) is 5.52. The lowest BCUT2D eigenvalue weighted by molar-refractivity contribution is 0.323. The largest absolute Gasteiger partial charge is 0.512 e. The van der Waals surface area contributed by atoms with Gasteiger partial charge >= 0.3 is 0 Å². The Bertz CT molecular complexity index is 667. The molecular formula is C16H18N4O. The average Bonchev–Trinajstić information content (AvgIpc) is 2.47. The standard InChI is InChI=1S/C16H18N4O/c1-10(2)14-13(21)4-3-11-9-18-16(20-15(11)14)19-12-5-7-17-8-6-12/h4-10,14,21H,3H2,1-2H3,(H,17,18,19,20). The third kappa shape index (κ3) is 2.72. The summed E-state index contributed by atoms with van der Waals surface area (Å²) < 4.78 is 0. The molecule has 0 saturated heterocycles. The number of allylic oxidation sites excluding steroid dienone is 2. The van der Waals surface area contributed by atoms with Gasteiger partial charge in [0.1, 0.15) is 0 Å². The van der Waals surface area contributed by atoms with Gasteiger partial charge in [0.2, 0.25) is 5.95 Å². The third-order valence-electron chi connectivity index (χ3n) is 3.65. The minimum Gasteiger partial charge on any atom is -0.512 e. The highest BCUT2D eigenvalue weighted by molar-refractivity contribution is 5.52. The van der Waals surface area contributed by atoms with Crippen molar-refractivity contribution in [1.29, 1.82) is 0 Å². The van der Waals surface area contributed by atoms with Gasteiger partial charge in [-0.3, -0.25) is 4.98 Å². The van der Waals surface area contributed by atoms with Crippen LogP contribution in [-0.4, -0.2) is 20.1 Å². The number of hydrogen-bond acceptors (Lipinski definition) is 5. The molecule has 0 aromatic carbocycles. The molecule has 21 heavy (non-hydrogen) atoms. The van der Waals surface area contributed by atoms with Crippen molar-refractivity contribution in [2.45, 2.75) is 26.2 Å². The molecule has 0 fully saturated rings. The van der Waals surface area contributed by atoms with Crippen LogP contribution in [-0.2, 0) is 6.42 Å². The highest BCUT2D eigenvalue weighted by atomic mass is 16.3. The Morgan fingerprint density at radius 3 is 2.76 bits per heavy atom. The van der Waals surface area contributed by atoms with Crippen LogP contribution in [0, 0.1) is 5.92 Å². The van der Waals surface area contributed by atoms with Crippen molar-refractivity contribution >= 4 is 11.6 Å². The van der Waals surface area contributed by atoms with E-state index < -0.39 is 0 Å². The first kappa shape index (κ1) is 13.5. The van der Waals surface area contributed by atoms with Crippen LogP contribution in [0.4, 0.5) is 11.6 Å². The van der Waals surface area contributed by atoms with E-state index in [0.29, 0.717) is 18.1 Å². The van der Waals surface area contributed by atoms with Crippen LogP contribution in [0.15, 0.2) is 42.6 Å². The quantitative estimate of drug-likeness (QED) is 0.903. The first-order valence-corrected chi connectivity index (χ1v) is 7.07. The lowest BCUT2D eigenvalue weighted by Crippen LogP contribution is -2.19. The fourth-order valence-electron chi connectivity index (χ4n) is 2.61. The molecule has 1 aliphatic rings. The number of fused-ring (bicyclic) bond motifs is 1. The monoisotopic (exact) mass is 282 g/mol. The van der Waals surface area contributed by atoms with E-state index in [-0.39, 0.29) is 11.8 Å². The van der Waals surface area contributed by atoms with E-state index in [1.54, 1.807) is 12.4 Å². The van der Waals surface area contributed by atoms with Crippen molar-refractivity contribution in [2.24, 2.45) is 5.92 Å². The Hall–Kier alpha value is -2.43. The molecule has 0 spiro atoms. The van der Waals surface area contributed by atoms with Crippen molar-refractivity contribution in [3.63, 3.8) is 0 Å². The Kier molecular flexibility index (Phi) is 3.56. The van der Waals surface area contributed by atoms with Gasteiger partial charge < -0.3 is 10.4 Å². The van der Waals surface area contributed by atoms with Crippen LogP contribution in [0.5, 0.6) is 0 Å². The van der Waals surface area contributed by atoms with E-state index in [9.17, 15) is 5.11 Å². The van der Waals surface area contributed by atoms with Gasteiger partial charge in [-0.15, -0.1) is 0 Å². The lowest BCUT2D eigenvalue weighted by Gasteiger charge is -2.25. The number of aromatic nitrogens is 3. The maximum Gasteiger partial charge on any atom is 0.227 e. The number of rotatable bonds is 3. The molecule has 108 valence electrons. The number of hydrogen-bond donors (Lipinski definition) is 2. The zero-order valence-electron chi connectivity index (χ0n) is 12.1. The van der Waals surface area contributed by atoms with Gasteiger partial charge in [-0.1, -0.05) is 13.8 Å². The molecule has 0 aliphatic heterocycles. The summed E-state index contributed by atoms with van der Waals surface area (Å²) in [5, 5.41) is 13.3. The average molecular weight is 282 g/mol. The molecule has 1 unspecified atom stereocenters. The summed E-state index contributed by atoms with van der Waals surface area (Å²) in [6, 6.07) is 3.72. The second-order valence-corrected chi connectivity index (χ2v) is 5.52. The van der Waals surface area contributed by atoms with Gasteiger partial charge in [-0.25, -0.2) is 9.97 Å². The molecule has 5 nitrogen and oxygen atoms in total. The normalized spacial score (nSPS) is 17.3. The molecule has 0 bridgehead atoms. The molecule has 2 aromatic rings. The Labute approximate surface area is 123 Å². The third-order valence-corrected chi connectivity index (χ3v) is 3.65. The van der Waals surface area contributed by atoms with E-state index in [4.69, 9.17) is 0 Å². The molecule has 2 N–H and O–H groups in total. The topological polar surface area (TPSA) is 70.9 Å². The number of aliphatic hydroxyl groups excluding tert-OH is 1. The fourth-order valence-corrected chi connectivity index (χ4v) is 2.61. The molecule has 0 saturated carbocycles. The molecular weight excluding hydrogens is 264 g/mol. The van der Waals surface area contributed by atoms with Crippen LogP contribution in [0.3, 0.4) is 0 Å². The fraction of sp³-hybridized carbons (Fsp3) is 0.312. The minimum atomic E-state index is -0.0604. The van der Waals surface area contributed by atoms with Crippen LogP contribution in [0.2, 0.25) is 0 Å². The Morgan fingerprint density at radius 2 is 2.05 bits per heavy atom. The molecule has 2 heterocycles. The summed E-state index contributed by atoms with van der Waals surface area (Å²) in [5.74, 6) is 1.17. The molecule has 1 atom stereocenters. The van der Waals surface area contributed by atoms with Crippen molar-refractivity contribution in [2.75, 3.05) is 5.32 Å². The smallest absolute Gasteiger partial charge is 0.227 e. The van der Waals surface area contributed by atoms with Gasteiger partial charge in [0, 0.05) is 24.3 Å². The van der Waals surface area contributed by atoms with Crippen LogP contribution in [0.1, 0.15) is 31.0 Å². The molecule has 2 aromatic heterocycles. The van der Waals surface area contributed by atoms with Crippen LogP contribution in [0.25, 0.3) is 0 Å². The maximum atomic E-state index is 10.1. The predicted octanol–water partition coefficient (Wildman–Crippen LogP) is 3.35. The van der Waals surface area contributed by atoms with Crippen molar-refractivity contribution < 1.29 is 5.11 Å². The zero-order valence-corrected chi connectivity index (χ0v) is 12.1. The van der Waals surface area contributed by atoms with E-state index in [1.165, 1.54) is 0 Å². The van der Waals surface area contributed by atoms with Crippen molar-refractivity contribution in [1.82, 2.24) is 15.0 Å². The summed E-state index contributed by atoms with van der Waals surface area (Å²) in [4.78, 5) is 13.0. The Balaban J connectivity index is 1.94. The van der Waals surface area contributed by atoms with Gasteiger partial charge in [0.05, 0.1) is 17.4 Å². The second kappa shape index (κ2) is 5.52. The van der Waals surface area contributed by atoms with Gasteiger partial charge in [-0.2, -0.15) is 0 Å².